The van der Waals surface area contributed by atoms with Crippen LogP contribution in [0.3, 0.4) is 0 Å². The van der Waals surface area contributed by atoms with E-state index in [0.29, 0.717) is 0 Å². The highest BCUT2D eigenvalue weighted by Gasteiger charge is 1.99. The molecule has 33 heavy (non-hydrogen) atoms. The Hall–Kier alpha value is -1.80. The summed E-state index contributed by atoms with van der Waals surface area (Å²) in [7, 11) is 0. The first-order valence-corrected chi connectivity index (χ1v) is 13.8. The summed E-state index contributed by atoms with van der Waals surface area (Å²) in [5.74, 6) is 0.974. The van der Waals surface area contributed by atoms with Crippen molar-refractivity contribution in [3.63, 3.8) is 0 Å². The Labute approximate surface area is 204 Å². The van der Waals surface area contributed by atoms with Gasteiger partial charge in [-0.05, 0) is 36.2 Å². The first-order valence-electron chi connectivity index (χ1n) is 13.8. The number of nitrogens with one attached hydrogen (secondary N) is 1. The predicted molar refractivity (Wildman–Crippen MR) is 144 cm³/mol. The quantitative estimate of drug-likeness (QED) is 0.191. The van der Waals surface area contributed by atoms with Crippen molar-refractivity contribution in [3.8, 4) is 5.75 Å². The van der Waals surface area contributed by atoms with Crippen molar-refractivity contribution in [2.75, 3.05) is 13.2 Å². The van der Waals surface area contributed by atoms with Crippen LogP contribution in [0.25, 0.3) is 0 Å². The van der Waals surface area contributed by atoms with Crippen LogP contribution in [-0.2, 0) is 13.0 Å². The number of rotatable bonds is 21. The summed E-state index contributed by atoms with van der Waals surface area (Å²) in [6.45, 7) is 5.05. The van der Waals surface area contributed by atoms with Gasteiger partial charge in [-0.15, -0.1) is 0 Å². The SMILES string of the molecule is CCCCCCCCCCCCCCCCNCc1cccc(OCCc2ccccc2)c1. The van der Waals surface area contributed by atoms with E-state index in [1.807, 2.05) is 0 Å². The maximum atomic E-state index is 5.96. The Morgan fingerprint density at radius 2 is 1.18 bits per heavy atom. The van der Waals surface area contributed by atoms with Gasteiger partial charge in [0, 0.05) is 13.0 Å². The molecule has 2 heteroatoms. The maximum absolute atomic E-state index is 5.96. The number of hydrogen-bond donors (Lipinski definition) is 1. The summed E-state index contributed by atoms with van der Waals surface area (Å²) in [4.78, 5) is 0. The minimum atomic E-state index is 0.722. The lowest BCUT2D eigenvalue weighted by atomic mass is 10.0. The van der Waals surface area contributed by atoms with E-state index in [1.54, 1.807) is 0 Å². The zero-order valence-electron chi connectivity index (χ0n) is 21.3. The average Bonchev–Trinajstić information content (AvgIpc) is 2.85. The zero-order chi connectivity index (χ0) is 23.2. The summed E-state index contributed by atoms with van der Waals surface area (Å²) in [5.41, 5.74) is 2.63. The van der Waals surface area contributed by atoms with Gasteiger partial charge < -0.3 is 10.1 Å². The summed E-state index contributed by atoms with van der Waals surface area (Å²) in [5, 5.41) is 3.60. The number of ether oxygens (including phenoxy) is 1. The number of benzene rings is 2. The first-order chi connectivity index (χ1) is 16.4. The molecule has 0 unspecified atom stereocenters. The largest absolute Gasteiger partial charge is 0.493 e. The lowest BCUT2D eigenvalue weighted by Crippen LogP contribution is -2.14. The van der Waals surface area contributed by atoms with Crippen LogP contribution in [-0.4, -0.2) is 13.2 Å². The molecule has 0 saturated heterocycles. The van der Waals surface area contributed by atoms with Gasteiger partial charge in [-0.25, -0.2) is 0 Å². The molecule has 0 aliphatic rings. The average molecular weight is 452 g/mol. The van der Waals surface area contributed by atoms with Gasteiger partial charge in [-0.2, -0.15) is 0 Å². The normalized spacial score (nSPS) is 11.1. The van der Waals surface area contributed by atoms with Crippen molar-refractivity contribution in [1.29, 1.82) is 0 Å². The van der Waals surface area contributed by atoms with Gasteiger partial charge in [0.1, 0.15) is 5.75 Å². The number of hydrogen-bond acceptors (Lipinski definition) is 2. The Balaban J connectivity index is 1.38. The molecule has 2 aromatic rings. The fraction of sp³-hybridized carbons (Fsp3) is 0.613. The van der Waals surface area contributed by atoms with Gasteiger partial charge in [-0.1, -0.05) is 133 Å². The van der Waals surface area contributed by atoms with Crippen molar-refractivity contribution in [2.45, 2.75) is 110 Å². The molecule has 0 amide bonds. The molecule has 0 aliphatic heterocycles. The Morgan fingerprint density at radius 1 is 0.606 bits per heavy atom. The summed E-state index contributed by atoms with van der Waals surface area (Å²) in [6, 6.07) is 19.0. The highest BCUT2D eigenvalue weighted by Crippen LogP contribution is 2.15. The van der Waals surface area contributed by atoms with E-state index in [9.17, 15) is 0 Å². The van der Waals surface area contributed by atoms with Gasteiger partial charge in [0.25, 0.3) is 0 Å². The van der Waals surface area contributed by atoms with Gasteiger partial charge in [0.2, 0.25) is 0 Å². The molecule has 0 aromatic heterocycles. The second-order valence-corrected chi connectivity index (χ2v) is 9.50. The Morgan fingerprint density at radius 3 is 1.82 bits per heavy atom. The van der Waals surface area contributed by atoms with Crippen LogP contribution in [0.2, 0.25) is 0 Å². The monoisotopic (exact) mass is 451 g/mol. The van der Waals surface area contributed by atoms with Crippen LogP contribution in [0, 0.1) is 0 Å². The van der Waals surface area contributed by atoms with Crippen molar-refractivity contribution in [2.24, 2.45) is 0 Å². The summed E-state index contributed by atoms with van der Waals surface area (Å²) in [6.07, 6.45) is 20.8. The minimum absolute atomic E-state index is 0.722. The summed E-state index contributed by atoms with van der Waals surface area (Å²) >= 11 is 0. The lowest BCUT2D eigenvalue weighted by Gasteiger charge is -2.09. The number of unbranched alkanes of at least 4 members (excludes halogenated alkanes) is 13. The van der Waals surface area contributed by atoms with E-state index >= 15 is 0 Å². The van der Waals surface area contributed by atoms with E-state index in [2.05, 4.69) is 66.8 Å². The molecule has 0 bridgehead atoms. The van der Waals surface area contributed by atoms with Crippen molar-refractivity contribution >= 4 is 0 Å². The van der Waals surface area contributed by atoms with Gasteiger partial charge in [0.05, 0.1) is 6.61 Å². The fourth-order valence-electron chi connectivity index (χ4n) is 4.35. The van der Waals surface area contributed by atoms with Crippen LogP contribution in [0.15, 0.2) is 54.6 Å². The second kappa shape index (κ2) is 19.6. The van der Waals surface area contributed by atoms with Crippen LogP contribution in [0.4, 0.5) is 0 Å². The van der Waals surface area contributed by atoms with Gasteiger partial charge >= 0.3 is 0 Å². The van der Waals surface area contributed by atoms with Gasteiger partial charge in [0.15, 0.2) is 0 Å². The molecule has 2 aromatic carbocycles. The van der Waals surface area contributed by atoms with E-state index < -0.39 is 0 Å². The topological polar surface area (TPSA) is 21.3 Å². The highest BCUT2D eigenvalue weighted by molar-refractivity contribution is 5.28. The van der Waals surface area contributed by atoms with E-state index in [4.69, 9.17) is 4.74 Å². The molecular weight excluding hydrogens is 402 g/mol. The molecule has 2 nitrogen and oxygen atoms in total. The molecule has 2 rings (SSSR count). The molecule has 184 valence electrons. The molecule has 0 fully saturated rings. The van der Waals surface area contributed by atoms with E-state index in [1.165, 1.54) is 101 Å². The first kappa shape index (κ1) is 27.4. The van der Waals surface area contributed by atoms with Gasteiger partial charge in [-0.3, -0.25) is 0 Å². The van der Waals surface area contributed by atoms with Crippen LogP contribution in [0.1, 0.15) is 108 Å². The van der Waals surface area contributed by atoms with E-state index in [0.717, 1.165) is 31.9 Å². The molecular formula is C31H49NO. The van der Waals surface area contributed by atoms with Crippen LogP contribution < -0.4 is 10.1 Å². The van der Waals surface area contributed by atoms with Crippen molar-refractivity contribution in [3.05, 3.63) is 65.7 Å². The third kappa shape index (κ3) is 14.9. The molecule has 0 heterocycles. The Kier molecular flexibility index (Phi) is 16.3. The Bertz CT molecular complexity index is 684. The van der Waals surface area contributed by atoms with Crippen LogP contribution >= 0.6 is 0 Å². The van der Waals surface area contributed by atoms with Crippen molar-refractivity contribution in [1.82, 2.24) is 5.32 Å². The minimum Gasteiger partial charge on any atom is -0.493 e. The standard InChI is InChI=1S/C31H49NO/c1-2-3-4-5-6-7-8-9-10-11-12-13-14-18-25-32-28-30-22-19-23-31(27-30)33-26-24-29-20-16-15-17-21-29/h15-17,19-23,27,32H,2-14,18,24-26,28H2,1H3. The highest BCUT2D eigenvalue weighted by atomic mass is 16.5. The van der Waals surface area contributed by atoms with Crippen LogP contribution in [0.5, 0.6) is 5.75 Å². The third-order valence-electron chi connectivity index (χ3n) is 6.44. The molecule has 0 atom stereocenters. The molecule has 1 N–H and O–H groups in total. The molecule has 0 radical (unpaired) electrons. The maximum Gasteiger partial charge on any atom is 0.119 e. The smallest absolute Gasteiger partial charge is 0.119 e. The lowest BCUT2D eigenvalue weighted by molar-refractivity contribution is 0.321. The fourth-order valence-corrected chi connectivity index (χ4v) is 4.35. The predicted octanol–water partition coefficient (Wildman–Crippen LogP) is 8.88. The molecule has 0 aliphatic carbocycles. The molecule has 0 spiro atoms. The molecule has 0 saturated carbocycles. The zero-order valence-corrected chi connectivity index (χ0v) is 21.3. The second-order valence-electron chi connectivity index (χ2n) is 9.50. The third-order valence-corrected chi connectivity index (χ3v) is 6.44. The summed E-state index contributed by atoms with van der Waals surface area (Å²) < 4.78 is 5.96. The van der Waals surface area contributed by atoms with Crippen molar-refractivity contribution < 1.29 is 4.74 Å². The van der Waals surface area contributed by atoms with E-state index in [-0.39, 0.29) is 0 Å².